The lowest BCUT2D eigenvalue weighted by molar-refractivity contribution is -0.0801. The summed E-state index contributed by atoms with van der Waals surface area (Å²) in [5, 5.41) is 0. The number of nitrogens with zero attached hydrogens (tertiary/aromatic N) is 3. The molecular formula is C33H40N4O5S. The molecular weight excluding hydrogens is 564 g/mol. The summed E-state index contributed by atoms with van der Waals surface area (Å²) >= 11 is 0. The molecule has 1 saturated heterocycles. The van der Waals surface area contributed by atoms with Crippen molar-refractivity contribution in [3.63, 3.8) is 0 Å². The van der Waals surface area contributed by atoms with E-state index in [2.05, 4.69) is 28.5 Å². The molecule has 2 aromatic carbocycles. The van der Waals surface area contributed by atoms with Gasteiger partial charge in [-0.15, -0.1) is 0 Å². The third-order valence-electron chi connectivity index (χ3n) is 9.14. The van der Waals surface area contributed by atoms with Gasteiger partial charge in [0.05, 0.1) is 16.6 Å². The third-order valence-corrected chi connectivity index (χ3v) is 10.5. The van der Waals surface area contributed by atoms with Gasteiger partial charge in [-0.25, -0.2) is 18.1 Å². The number of ether oxygens (including phenoxy) is 2. The minimum atomic E-state index is -4.10. The van der Waals surface area contributed by atoms with E-state index in [0.29, 0.717) is 17.2 Å². The maximum Gasteiger partial charge on any atom is 0.264 e. The lowest BCUT2D eigenvalue weighted by Crippen LogP contribution is -2.59. The molecule has 3 aliphatic rings. The van der Waals surface area contributed by atoms with Crippen molar-refractivity contribution in [2.24, 2.45) is 11.3 Å². The minimum Gasteiger partial charge on any atom is -0.475 e. The highest BCUT2D eigenvalue weighted by Gasteiger charge is 2.50. The highest BCUT2D eigenvalue weighted by molar-refractivity contribution is 7.92. The summed E-state index contributed by atoms with van der Waals surface area (Å²) in [6.07, 6.45) is 4.55. The highest BCUT2D eigenvalue weighted by Crippen LogP contribution is 2.51. The van der Waals surface area contributed by atoms with Gasteiger partial charge in [-0.1, -0.05) is 38.1 Å². The number of hydrogen-bond donors (Lipinski definition) is 1. The molecule has 9 nitrogen and oxygen atoms in total. The summed E-state index contributed by atoms with van der Waals surface area (Å²) in [5.41, 5.74) is 4.01. The Morgan fingerprint density at radius 1 is 1.02 bits per heavy atom. The number of carbonyl (C=O) groups is 1. The molecule has 4 bridgehead atoms. The number of sulfonamides is 1. The van der Waals surface area contributed by atoms with Crippen molar-refractivity contribution in [2.45, 2.75) is 76.8 Å². The van der Waals surface area contributed by atoms with Crippen LogP contribution in [0.25, 0.3) is 11.3 Å². The van der Waals surface area contributed by atoms with Gasteiger partial charge in [-0.3, -0.25) is 4.79 Å². The Morgan fingerprint density at radius 2 is 1.72 bits per heavy atom. The lowest BCUT2D eigenvalue weighted by Gasteiger charge is -2.55. The van der Waals surface area contributed by atoms with Crippen LogP contribution in [0.2, 0.25) is 0 Å². The highest BCUT2D eigenvalue weighted by atomic mass is 32.2. The van der Waals surface area contributed by atoms with Gasteiger partial charge in [0.2, 0.25) is 11.8 Å². The molecule has 1 atom stereocenters. The van der Waals surface area contributed by atoms with E-state index in [4.69, 9.17) is 9.47 Å². The zero-order valence-electron chi connectivity index (χ0n) is 25.3. The monoisotopic (exact) mass is 604 g/mol. The van der Waals surface area contributed by atoms with Crippen molar-refractivity contribution in [3.05, 3.63) is 65.2 Å². The summed E-state index contributed by atoms with van der Waals surface area (Å²) in [6, 6.07) is 13.8. The van der Waals surface area contributed by atoms with E-state index in [9.17, 15) is 13.2 Å². The van der Waals surface area contributed by atoms with Crippen LogP contribution >= 0.6 is 0 Å². The molecule has 6 rings (SSSR count). The first-order valence-corrected chi connectivity index (χ1v) is 16.6. The normalized spacial score (nSPS) is 21.7. The van der Waals surface area contributed by atoms with Crippen LogP contribution < -0.4 is 9.46 Å². The molecule has 0 radical (unpaired) electrons. The fourth-order valence-electron chi connectivity index (χ4n) is 6.98. The summed E-state index contributed by atoms with van der Waals surface area (Å²) in [7, 11) is -4.10. The van der Waals surface area contributed by atoms with Gasteiger partial charge in [-0.2, -0.15) is 4.98 Å². The molecule has 2 aliphatic heterocycles. The number of carbonyl (C=O) groups excluding carboxylic acids is 1. The first kappa shape index (κ1) is 29.6. The van der Waals surface area contributed by atoms with Crippen LogP contribution in [-0.2, 0) is 14.8 Å². The van der Waals surface area contributed by atoms with E-state index in [1.165, 1.54) is 12.1 Å². The first-order chi connectivity index (χ1) is 20.5. The van der Waals surface area contributed by atoms with Gasteiger partial charge in [0.25, 0.3) is 15.9 Å². The Bertz CT molecular complexity index is 1610. The van der Waals surface area contributed by atoms with Crippen molar-refractivity contribution >= 4 is 21.9 Å². The van der Waals surface area contributed by atoms with E-state index in [1.807, 2.05) is 36.9 Å². The Hall–Kier alpha value is -3.50. The lowest BCUT2D eigenvalue weighted by atomic mass is 9.60. The number of nitrogens with one attached hydrogen (secondary N) is 1. The fourth-order valence-corrected chi connectivity index (χ4v) is 7.97. The Balaban J connectivity index is 1.45. The maximum atomic E-state index is 14.3. The smallest absolute Gasteiger partial charge is 0.264 e. The summed E-state index contributed by atoms with van der Waals surface area (Å²) in [4.78, 5) is 25.4. The molecule has 1 N–H and O–H groups in total. The van der Waals surface area contributed by atoms with Crippen molar-refractivity contribution in [3.8, 4) is 17.1 Å². The number of amides is 1. The molecule has 228 valence electrons. The second-order valence-corrected chi connectivity index (χ2v) is 14.5. The zero-order valence-corrected chi connectivity index (χ0v) is 26.1. The number of anilines is 1. The molecule has 1 amide bonds. The van der Waals surface area contributed by atoms with E-state index in [-0.39, 0.29) is 46.7 Å². The van der Waals surface area contributed by atoms with Crippen LogP contribution in [-0.4, -0.2) is 61.1 Å². The quantitative estimate of drug-likeness (QED) is 0.403. The number of fused-ring (bicyclic) bond motifs is 4. The molecule has 1 aliphatic carbocycles. The molecule has 43 heavy (non-hydrogen) atoms. The second-order valence-electron chi connectivity index (χ2n) is 12.8. The van der Waals surface area contributed by atoms with E-state index < -0.39 is 10.0 Å². The molecule has 0 unspecified atom stereocenters. The van der Waals surface area contributed by atoms with E-state index in [0.717, 1.165) is 62.0 Å². The molecule has 3 aromatic rings. The third kappa shape index (κ3) is 5.99. The van der Waals surface area contributed by atoms with Gasteiger partial charge in [0.1, 0.15) is 6.61 Å². The van der Waals surface area contributed by atoms with Gasteiger partial charge in [0.15, 0.2) is 0 Å². The number of aromatic nitrogens is 2. The van der Waals surface area contributed by atoms with Crippen molar-refractivity contribution < 1.29 is 22.7 Å². The summed E-state index contributed by atoms with van der Waals surface area (Å²) < 4.78 is 41.7. The van der Waals surface area contributed by atoms with Gasteiger partial charge < -0.3 is 14.4 Å². The molecule has 3 heterocycles. The van der Waals surface area contributed by atoms with Crippen molar-refractivity contribution in [1.82, 2.24) is 14.9 Å². The van der Waals surface area contributed by atoms with Crippen LogP contribution in [0.5, 0.6) is 5.88 Å². The number of benzene rings is 2. The van der Waals surface area contributed by atoms with Gasteiger partial charge >= 0.3 is 0 Å². The standard InChI is InChI=1S/C33H40N4O5S/c1-21(2)15-25-20-42-29-17-28(30-22(3)7-5-8-23(30)4)34-32(35-29)36-43(39,40)27-10-6-9-24(16-27)31(38)37(25)26-18-33(19-26)11-13-41-14-12-33/h5-10,16-17,21,25-26H,11-15,18-20H2,1-4H3,(H,34,35,36)/t25-/m1/s1. The second kappa shape index (κ2) is 11.5. The van der Waals surface area contributed by atoms with Gasteiger partial charge in [0, 0.05) is 36.4 Å². The predicted octanol–water partition coefficient (Wildman–Crippen LogP) is 5.77. The summed E-state index contributed by atoms with van der Waals surface area (Å²) in [6.45, 7) is 10.0. The van der Waals surface area contributed by atoms with Crippen LogP contribution in [0, 0.1) is 25.2 Å². The van der Waals surface area contributed by atoms with Crippen LogP contribution in [0.15, 0.2) is 53.4 Å². The Labute approximate surface area is 254 Å². The SMILES string of the molecule is Cc1cccc(C)c1-c1cc2nc(n1)NS(=O)(=O)c1cccc(c1)C(=O)N(C1CC3(CCOCC3)C1)[C@H](CC(C)C)CO2. The largest absolute Gasteiger partial charge is 0.475 e. The molecule has 2 fully saturated rings. The topological polar surface area (TPSA) is 111 Å². The van der Waals surface area contributed by atoms with Crippen molar-refractivity contribution in [1.29, 1.82) is 0 Å². The minimum absolute atomic E-state index is 0.0176. The van der Waals surface area contributed by atoms with E-state index in [1.54, 1.807) is 18.2 Å². The molecule has 10 heteroatoms. The Morgan fingerprint density at radius 3 is 2.42 bits per heavy atom. The first-order valence-electron chi connectivity index (χ1n) is 15.2. The number of rotatable bonds is 4. The number of hydrogen-bond acceptors (Lipinski definition) is 7. The summed E-state index contributed by atoms with van der Waals surface area (Å²) in [5.74, 6) is 0.304. The van der Waals surface area contributed by atoms with Crippen LogP contribution in [0.4, 0.5) is 5.95 Å². The number of aryl methyl sites for hydroxylation is 2. The van der Waals surface area contributed by atoms with Gasteiger partial charge in [-0.05, 0) is 86.6 Å². The van der Waals surface area contributed by atoms with Crippen molar-refractivity contribution in [2.75, 3.05) is 24.5 Å². The predicted molar refractivity (Wildman–Crippen MR) is 165 cm³/mol. The molecule has 1 aromatic heterocycles. The average molecular weight is 605 g/mol. The fraction of sp³-hybridized carbons (Fsp3) is 0.485. The average Bonchev–Trinajstić information content (AvgIpc) is 2.95. The van der Waals surface area contributed by atoms with Crippen LogP contribution in [0.1, 0.15) is 67.4 Å². The molecule has 1 spiro atoms. The van der Waals surface area contributed by atoms with E-state index >= 15 is 0 Å². The Kier molecular flexibility index (Phi) is 7.93. The van der Waals surface area contributed by atoms with Crippen LogP contribution in [0.3, 0.4) is 0 Å². The molecule has 1 saturated carbocycles. The maximum absolute atomic E-state index is 14.3. The zero-order chi connectivity index (χ0) is 30.4.